The third-order valence-corrected chi connectivity index (χ3v) is 6.20. The Labute approximate surface area is 198 Å². The Balaban J connectivity index is 1.31. The number of hydrogen-bond acceptors (Lipinski definition) is 7. The third kappa shape index (κ3) is 4.12. The first-order chi connectivity index (χ1) is 16.6. The number of ether oxygens (including phenoxy) is 2. The molecule has 5 rings (SSSR count). The number of hydrogen-bond donors (Lipinski definition) is 1. The van der Waals surface area contributed by atoms with Crippen LogP contribution in [0.1, 0.15) is 36.4 Å². The summed E-state index contributed by atoms with van der Waals surface area (Å²) < 4.78 is 17.0. The molecule has 0 spiro atoms. The highest BCUT2D eigenvalue weighted by molar-refractivity contribution is 5.84. The monoisotopic (exact) mass is 460 g/mol. The molecule has 2 atom stereocenters. The smallest absolute Gasteiger partial charge is 0.251 e. The summed E-state index contributed by atoms with van der Waals surface area (Å²) in [4.78, 5) is 19.7. The van der Waals surface area contributed by atoms with Crippen LogP contribution in [0.15, 0.2) is 65.3 Å². The molecule has 3 heterocycles. The second-order valence-electron chi connectivity index (χ2n) is 8.34. The number of oxazole rings is 1. The summed E-state index contributed by atoms with van der Waals surface area (Å²) in [7, 11) is 1.60. The van der Waals surface area contributed by atoms with Crippen LogP contribution in [0.3, 0.4) is 0 Å². The molecule has 0 saturated carbocycles. The maximum absolute atomic E-state index is 13.3. The molecular formula is C26H28N4O4. The molecule has 8 heteroatoms. The van der Waals surface area contributed by atoms with E-state index in [0.29, 0.717) is 42.7 Å². The highest BCUT2D eigenvalue weighted by Crippen LogP contribution is 2.34. The van der Waals surface area contributed by atoms with Crippen molar-refractivity contribution in [3.63, 3.8) is 0 Å². The van der Waals surface area contributed by atoms with Gasteiger partial charge in [0.15, 0.2) is 11.5 Å². The molecule has 2 unspecified atom stereocenters. The molecule has 34 heavy (non-hydrogen) atoms. The molecule has 1 N–H and O–H groups in total. The molecule has 1 amide bonds. The van der Waals surface area contributed by atoms with Gasteiger partial charge < -0.3 is 23.8 Å². The van der Waals surface area contributed by atoms with Crippen molar-refractivity contribution in [3.8, 4) is 23.0 Å². The van der Waals surface area contributed by atoms with E-state index < -0.39 is 0 Å². The van der Waals surface area contributed by atoms with Crippen LogP contribution < -0.4 is 14.9 Å². The van der Waals surface area contributed by atoms with Gasteiger partial charge in [-0.05, 0) is 44.0 Å². The number of carbonyl (C=O) groups excluding carboxylic acids is 1. The number of nitrogens with one attached hydrogen (secondary N) is 1. The number of methoxy groups -OCH3 is 1. The Hall–Kier alpha value is -3.78. The van der Waals surface area contributed by atoms with Crippen LogP contribution in [0.25, 0.3) is 11.5 Å². The molecule has 1 fully saturated rings. The molecular weight excluding hydrogens is 432 g/mol. The largest absolute Gasteiger partial charge is 0.493 e. The van der Waals surface area contributed by atoms with Crippen LogP contribution in [0.2, 0.25) is 0 Å². The van der Waals surface area contributed by atoms with Crippen molar-refractivity contribution in [2.45, 2.75) is 38.9 Å². The van der Waals surface area contributed by atoms with Crippen LogP contribution in [0.5, 0.6) is 11.5 Å². The predicted octanol–water partition coefficient (Wildman–Crippen LogP) is 4.19. The van der Waals surface area contributed by atoms with Crippen molar-refractivity contribution in [1.29, 1.82) is 0 Å². The predicted molar refractivity (Wildman–Crippen MR) is 127 cm³/mol. The normalized spacial score (nSPS) is 19.4. The van der Waals surface area contributed by atoms with Gasteiger partial charge in [0.25, 0.3) is 5.91 Å². The van der Waals surface area contributed by atoms with Gasteiger partial charge in [-0.1, -0.05) is 30.3 Å². The highest BCUT2D eigenvalue weighted by Gasteiger charge is 2.40. The van der Waals surface area contributed by atoms with Crippen LogP contribution >= 0.6 is 0 Å². The quantitative estimate of drug-likeness (QED) is 0.566. The Morgan fingerprint density at radius 2 is 1.97 bits per heavy atom. The number of aromatic nitrogens is 1. The lowest BCUT2D eigenvalue weighted by Crippen LogP contribution is -2.47. The number of amides is 1. The van der Waals surface area contributed by atoms with Crippen molar-refractivity contribution < 1.29 is 18.7 Å². The van der Waals surface area contributed by atoms with Gasteiger partial charge in [0.2, 0.25) is 5.89 Å². The number of nitrogens with zero attached hydrogens (tertiary/aromatic N) is 3. The first-order valence-corrected chi connectivity index (χ1v) is 11.4. The minimum Gasteiger partial charge on any atom is -0.493 e. The SMILES string of the molecule is CCOc1ccc(-c2nc(CN3C=CN4NC(c5ccccc5)CC4C3=O)c(C)o2)cc1OC. The summed E-state index contributed by atoms with van der Waals surface area (Å²) in [5.41, 5.74) is 6.11. The van der Waals surface area contributed by atoms with Crippen molar-refractivity contribution in [1.82, 2.24) is 20.3 Å². The zero-order valence-corrected chi connectivity index (χ0v) is 19.5. The summed E-state index contributed by atoms with van der Waals surface area (Å²) in [5.74, 6) is 2.49. The van der Waals surface area contributed by atoms with Crippen molar-refractivity contribution in [3.05, 3.63) is 77.9 Å². The standard InChI is InChI=1S/C26H28N4O4/c1-4-33-23-11-10-19(14-24(23)32-3)25-27-21(17(2)34-25)16-29-12-13-30-22(26(29)31)15-20(28-30)18-8-6-5-7-9-18/h5-14,20,22,28H,4,15-16H2,1-3H3. The molecule has 2 aliphatic heterocycles. The third-order valence-electron chi connectivity index (χ3n) is 6.20. The molecule has 2 aliphatic rings. The second kappa shape index (κ2) is 9.23. The van der Waals surface area contributed by atoms with Crippen LogP contribution in [-0.4, -0.2) is 40.6 Å². The lowest BCUT2D eigenvalue weighted by atomic mass is 10.0. The van der Waals surface area contributed by atoms with Gasteiger partial charge in [0.05, 0.1) is 26.3 Å². The average molecular weight is 461 g/mol. The van der Waals surface area contributed by atoms with E-state index in [9.17, 15) is 4.79 Å². The minimum absolute atomic E-state index is 0.0418. The Kier molecular flexibility index (Phi) is 5.98. The van der Waals surface area contributed by atoms with E-state index in [1.54, 1.807) is 18.2 Å². The lowest BCUT2D eigenvalue weighted by molar-refractivity contribution is -0.135. The maximum Gasteiger partial charge on any atom is 0.251 e. The average Bonchev–Trinajstić information content (AvgIpc) is 3.46. The fraction of sp³-hybridized carbons (Fsp3) is 0.308. The molecule has 2 aromatic carbocycles. The maximum atomic E-state index is 13.3. The topological polar surface area (TPSA) is 80.1 Å². The Bertz CT molecular complexity index is 1210. The van der Waals surface area contributed by atoms with Gasteiger partial charge in [-0.2, -0.15) is 0 Å². The zero-order chi connectivity index (χ0) is 23.7. The number of hydrazine groups is 1. The summed E-state index contributed by atoms with van der Waals surface area (Å²) in [6.07, 6.45) is 4.42. The van der Waals surface area contributed by atoms with E-state index in [2.05, 4.69) is 22.5 Å². The molecule has 1 saturated heterocycles. The van der Waals surface area contributed by atoms with Crippen LogP contribution in [-0.2, 0) is 11.3 Å². The van der Waals surface area contributed by atoms with Crippen molar-refractivity contribution >= 4 is 5.91 Å². The zero-order valence-electron chi connectivity index (χ0n) is 19.5. The van der Waals surface area contributed by atoms with Gasteiger partial charge in [-0.25, -0.2) is 10.4 Å². The fourth-order valence-electron chi connectivity index (χ4n) is 4.40. The molecule has 8 nitrogen and oxygen atoms in total. The van der Waals surface area contributed by atoms with E-state index in [0.717, 1.165) is 11.3 Å². The molecule has 3 aromatic rings. The summed E-state index contributed by atoms with van der Waals surface area (Å²) in [6, 6.07) is 15.6. The van der Waals surface area contributed by atoms with E-state index in [-0.39, 0.29) is 18.0 Å². The summed E-state index contributed by atoms with van der Waals surface area (Å²) in [5, 5.41) is 1.91. The number of rotatable bonds is 7. The fourth-order valence-corrected chi connectivity index (χ4v) is 4.40. The molecule has 0 bridgehead atoms. The number of aryl methyl sites for hydroxylation is 1. The lowest BCUT2D eigenvalue weighted by Gasteiger charge is -2.31. The minimum atomic E-state index is -0.253. The molecule has 0 aliphatic carbocycles. The van der Waals surface area contributed by atoms with E-state index >= 15 is 0 Å². The highest BCUT2D eigenvalue weighted by atomic mass is 16.5. The van der Waals surface area contributed by atoms with Gasteiger partial charge >= 0.3 is 0 Å². The van der Waals surface area contributed by atoms with Gasteiger partial charge in [-0.3, -0.25) is 4.79 Å². The number of benzene rings is 2. The summed E-state index contributed by atoms with van der Waals surface area (Å²) in [6.45, 7) is 4.69. The van der Waals surface area contributed by atoms with Crippen LogP contribution in [0, 0.1) is 6.92 Å². The molecule has 176 valence electrons. The van der Waals surface area contributed by atoms with Gasteiger partial charge in [0, 0.05) is 18.0 Å². The molecule has 0 radical (unpaired) electrons. The van der Waals surface area contributed by atoms with E-state index in [4.69, 9.17) is 13.9 Å². The van der Waals surface area contributed by atoms with Crippen molar-refractivity contribution in [2.75, 3.05) is 13.7 Å². The first-order valence-electron chi connectivity index (χ1n) is 11.4. The number of carbonyl (C=O) groups is 1. The Morgan fingerprint density at radius 1 is 1.15 bits per heavy atom. The van der Waals surface area contributed by atoms with Crippen LogP contribution in [0.4, 0.5) is 0 Å². The summed E-state index contributed by atoms with van der Waals surface area (Å²) >= 11 is 0. The van der Waals surface area contributed by atoms with E-state index in [1.807, 2.05) is 61.5 Å². The second-order valence-corrected chi connectivity index (χ2v) is 8.34. The van der Waals surface area contributed by atoms with Crippen molar-refractivity contribution in [2.24, 2.45) is 0 Å². The van der Waals surface area contributed by atoms with E-state index in [1.165, 1.54) is 5.56 Å². The van der Waals surface area contributed by atoms with Gasteiger partial charge in [0.1, 0.15) is 17.5 Å². The Morgan fingerprint density at radius 3 is 2.74 bits per heavy atom. The first kappa shape index (κ1) is 22.0. The number of fused-ring (bicyclic) bond motifs is 1. The molecule has 1 aromatic heterocycles. The van der Waals surface area contributed by atoms with Gasteiger partial charge in [-0.15, -0.1) is 0 Å².